The zero-order chi connectivity index (χ0) is 5.58. The minimum atomic E-state index is -2.13. The molecule has 0 radical (unpaired) electrons. The number of hydrogen-bond acceptors (Lipinski definition) is 1. The van der Waals surface area contributed by atoms with Crippen LogP contribution >= 0.6 is 8.09 Å². The van der Waals surface area contributed by atoms with Crippen molar-refractivity contribution in [1.29, 1.82) is 5.16 Å². The molecule has 0 spiro atoms. The van der Waals surface area contributed by atoms with Crippen molar-refractivity contribution in [1.82, 2.24) is 0 Å². The van der Waals surface area contributed by atoms with Crippen LogP contribution in [0.15, 0.2) is 0 Å². The Bertz CT molecular complexity index is 38.7. The Balaban J connectivity index is -0.0000000480. The summed E-state index contributed by atoms with van der Waals surface area (Å²) in [6.07, 6.45) is 0. The van der Waals surface area contributed by atoms with Gasteiger partial charge in [-0.15, -0.1) is 0 Å². The van der Waals surface area contributed by atoms with Gasteiger partial charge in [0.15, 0.2) is 0 Å². The number of rotatable bonds is 0. The average molecular weight is 347 g/mol. The molecule has 0 saturated carbocycles. The van der Waals surface area contributed by atoms with Crippen molar-refractivity contribution < 1.29 is 36.0 Å². The minimum Gasteiger partial charge on any atom is -0.351 e. The van der Waals surface area contributed by atoms with Crippen LogP contribution in [0, 0.1) is 43.2 Å². The van der Waals surface area contributed by atoms with Crippen molar-refractivity contribution in [3.8, 4) is 0 Å². The van der Waals surface area contributed by atoms with Gasteiger partial charge in [-0.2, -0.15) is 6.92 Å². The van der Waals surface area contributed by atoms with Gasteiger partial charge in [0, 0.05) is 31.1 Å². The van der Waals surface area contributed by atoms with Crippen molar-refractivity contribution in [2.24, 2.45) is 5.50 Å². The molecule has 0 aliphatic carbocycles. The number of hydrogen-bond donors (Lipinski definition) is 3. The molecule has 0 aromatic carbocycles. The van der Waals surface area contributed by atoms with Crippen LogP contribution < -0.4 is 5.50 Å². The van der Waals surface area contributed by atoms with E-state index in [1.807, 2.05) is 0 Å². The van der Waals surface area contributed by atoms with Gasteiger partial charge >= 0.3 is 0 Å². The molecule has 4 N–H and O–H groups in total. The van der Waals surface area contributed by atoms with Crippen molar-refractivity contribution in [3.05, 3.63) is 6.92 Å². The maximum atomic E-state index is 7.60. The van der Waals surface area contributed by atoms with Gasteiger partial charge in [0.25, 0.3) is 0 Å². The third-order valence-corrected chi connectivity index (χ3v) is 0. The van der Waals surface area contributed by atoms with Crippen LogP contribution in [-0.4, -0.2) is 4.89 Å². The second-order valence-corrected chi connectivity index (χ2v) is 1.16. The van der Waals surface area contributed by atoms with Gasteiger partial charge in [0.05, 0.1) is 0 Å². The predicted octanol–water partition coefficient (Wildman–Crippen LogP) is 0.584. The Kier molecular flexibility index (Phi) is 35.2. The van der Waals surface area contributed by atoms with Crippen LogP contribution in [0.5, 0.6) is 0 Å². The molecule has 0 rings (SSSR count). The molecule has 1 atom stereocenters. The molecule has 3 nitrogen and oxygen atoms in total. The molecule has 0 saturated heterocycles. The summed E-state index contributed by atoms with van der Waals surface area (Å²) >= 11 is 0. The molecule has 0 aliphatic rings. The minimum absolute atomic E-state index is 0. The monoisotopic (exact) mass is 347 g/mol. The molecule has 0 heterocycles. The smallest absolute Gasteiger partial charge is 0.129 e. The Morgan fingerprint density at radius 2 is 1.71 bits per heavy atom. The van der Waals surface area contributed by atoms with E-state index in [-0.39, 0.29) is 31.1 Å². The second kappa shape index (κ2) is 15.7. The van der Waals surface area contributed by atoms with Crippen molar-refractivity contribution in [3.63, 3.8) is 0 Å². The van der Waals surface area contributed by atoms with Gasteiger partial charge in [-0.25, -0.2) is 0 Å². The maximum Gasteiger partial charge on any atom is 0.129 e. The second-order valence-electron chi connectivity index (χ2n) is 0.385. The van der Waals surface area contributed by atoms with Crippen LogP contribution in [0.3, 0.4) is 0 Å². The van der Waals surface area contributed by atoms with Crippen LogP contribution in [0.1, 0.15) is 6.92 Å². The van der Waals surface area contributed by atoms with Crippen LogP contribution in [0.25, 0.3) is 0 Å². The van der Waals surface area contributed by atoms with Gasteiger partial charge < -0.3 is 11.8 Å². The quantitative estimate of drug-likeness (QED) is 0.443. The van der Waals surface area contributed by atoms with Gasteiger partial charge in [-0.3, -0.25) is 10.7 Å². The predicted molar refractivity (Wildman–Crippen MR) is 28.5 cm³/mol. The van der Waals surface area contributed by atoms with E-state index in [9.17, 15) is 0 Å². The van der Waals surface area contributed by atoms with Crippen LogP contribution in [0.4, 0.5) is 0 Å². The van der Waals surface area contributed by atoms with Gasteiger partial charge in [-0.1, -0.05) is 0 Å². The molecule has 44 valence electrons. The molecule has 0 amide bonds. The van der Waals surface area contributed by atoms with E-state index in [1.54, 1.807) is 6.92 Å². The Hall–Kier alpha value is 1.20. The third-order valence-electron chi connectivity index (χ3n) is 0. The number of nitrogens with one attached hydrogen (secondary N) is 1. The van der Waals surface area contributed by atoms with Crippen molar-refractivity contribution in [2.75, 3.05) is 0 Å². The number of nitrogens with two attached hydrogens (primary N) is 1. The summed E-state index contributed by atoms with van der Waals surface area (Å²) in [5.74, 6) is 0. The fourth-order valence-corrected chi connectivity index (χ4v) is 0. The maximum absolute atomic E-state index is 7.60. The fourth-order valence-electron chi connectivity index (χ4n) is 0. The van der Waals surface area contributed by atoms with Gasteiger partial charge in [-0.05, 0) is 0 Å². The molecular weight excluding hydrogens is 337 g/mol. The Morgan fingerprint density at radius 3 is 1.71 bits per heavy atom. The molecule has 1 unspecified atom stereocenters. The fraction of sp³-hybridized carbons (Fsp3) is 0.500. The summed E-state index contributed by atoms with van der Waals surface area (Å²) in [7, 11) is -2.13. The van der Waals surface area contributed by atoms with E-state index in [2.05, 4.69) is 12.4 Å². The summed E-state index contributed by atoms with van der Waals surface area (Å²) < 4.78 is 0. The van der Waals surface area contributed by atoms with E-state index in [4.69, 9.17) is 10.1 Å². The topological polar surface area (TPSA) is 70.1 Å². The molecule has 0 bridgehead atoms. The summed E-state index contributed by atoms with van der Waals surface area (Å²) in [6.45, 7) is 5.00. The molecule has 5 heteroatoms. The first-order valence-corrected chi connectivity index (χ1v) is 2.99. The normalized spacial score (nSPS) is 9.71. The molecular formula is C2H10N2OPU-. The molecule has 0 aliphatic heterocycles. The van der Waals surface area contributed by atoms with E-state index in [0.717, 1.165) is 0 Å². The summed E-state index contributed by atoms with van der Waals surface area (Å²) in [5.41, 5.74) is 4.44. The SMILES string of the molecule is N=[PH](N)O.[CH2-]C.[U]. The summed E-state index contributed by atoms with van der Waals surface area (Å²) in [6, 6.07) is 0. The van der Waals surface area contributed by atoms with Crippen LogP contribution in [-0.2, 0) is 0 Å². The van der Waals surface area contributed by atoms with Gasteiger partial charge in [0.2, 0.25) is 0 Å². The molecule has 7 heavy (non-hydrogen) atoms. The van der Waals surface area contributed by atoms with Gasteiger partial charge in [0.1, 0.15) is 8.09 Å². The standard InChI is InChI=1S/C2H5.H5N2OP.U/c1-2;1-4(2)3;/h1H2,2H3;4H,(H4,1,2,3);/q-1;;. The van der Waals surface area contributed by atoms with E-state index in [1.165, 1.54) is 0 Å². The summed E-state index contributed by atoms with van der Waals surface area (Å²) in [4.78, 5) is 7.60. The first-order chi connectivity index (χ1) is 2.73. The van der Waals surface area contributed by atoms with E-state index < -0.39 is 8.09 Å². The third kappa shape index (κ3) is 135. The first kappa shape index (κ1) is 15.7. The molecule has 0 aromatic rings. The largest absolute Gasteiger partial charge is 0.351 e. The average Bonchev–Trinajstić information content (AvgIpc) is 1.41. The van der Waals surface area contributed by atoms with Crippen molar-refractivity contribution in [2.45, 2.75) is 6.92 Å². The van der Waals surface area contributed by atoms with E-state index >= 15 is 0 Å². The van der Waals surface area contributed by atoms with Crippen molar-refractivity contribution >= 4 is 8.09 Å². The Morgan fingerprint density at radius 1 is 1.71 bits per heavy atom. The zero-order valence-corrected chi connectivity index (χ0v) is 9.40. The van der Waals surface area contributed by atoms with E-state index in [0.29, 0.717) is 0 Å². The zero-order valence-electron chi connectivity index (χ0n) is 4.23. The molecule has 0 fully saturated rings. The summed E-state index contributed by atoms with van der Waals surface area (Å²) in [5, 5.41) is 6.02. The van der Waals surface area contributed by atoms with Crippen LogP contribution in [0.2, 0.25) is 0 Å². The Labute approximate surface area is 68.5 Å². The first-order valence-electron chi connectivity index (χ1n) is 1.47. The molecule has 0 aromatic heterocycles.